The average Bonchev–Trinajstić information content (AvgIpc) is 3.82. The molecule has 2 nitrogen and oxygen atoms in total. The molecule has 0 saturated carbocycles. The summed E-state index contributed by atoms with van der Waals surface area (Å²) >= 11 is 0. The minimum absolute atomic E-state index is 0.0701. The zero-order chi connectivity index (χ0) is 41.5. The van der Waals surface area contributed by atoms with Crippen LogP contribution in [0.3, 0.4) is 0 Å². The highest BCUT2D eigenvalue weighted by molar-refractivity contribution is 6.26. The second-order valence-electron chi connectivity index (χ2n) is 11.1. The van der Waals surface area contributed by atoms with Gasteiger partial charge in [-0.1, -0.05) is 127 Å². The normalized spacial score (nSPS) is 15.9. The van der Waals surface area contributed by atoms with Crippen LogP contribution >= 0.6 is 0 Å². The van der Waals surface area contributed by atoms with Gasteiger partial charge in [-0.05, 0) is 85.3 Å². The van der Waals surface area contributed by atoms with Crippen molar-refractivity contribution in [3.8, 4) is 33.4 Å². The monoisotopic (exact) mass is 599 g/mol. The SMILES string of the molecule is [2H]c1c([2H])c([2H])c(-c2c3c([2H])c([2H])c([2H])c([2H])c3c(-c3ccc(-c4ccc5c(c4)oc4ccc6oc7ccccc7c6c45)cc3)c3c([2H])c([2H])c([2H])c([2H])c23)c([2H])c1[2H]. The van der Waals surface area contributed by atoms with Crippen LogP contribution in [0, 0.1) is 0 Å². The fourth-order valence-corrected chi connectivity index (χ4v) is 6.63. The van der Waals surface area contributed by atoms with Crippen LogP contribution in [0.2, 0.25) is 0 Å². The van der Waals surface area contributed by atoms with Crippen molar-refractivity contribution in [1.82, 2.24) is 0 Å². The summed E-state index contributed by atoms with van der Waals surface area (Å²) in [4.78, 5) is 0. The Hall–Kier alpha value is -6.12. The molecule has 0 saturated heterocycles. The fourth-order valence-electron chi connectivity index (χ4n) is 6.63. The maximum absolute atomic E-state index is 9.18. The molecule has 0 aliphatic heterocycles. The van der Waals surface area contributed by atoms with Gasteiger partial charge >= 0.3 is 0 Å². The Kier molecular flexibility index (Phi) is 3.32. The number of rotatable bonds is 3. The van der Waals surface area contributed by atoms with Crippen molar-refractivity contribution in [2.45, 2.75) is 0 Å². The lowest BCUT2D eigenvalue weighted by molar-refractivity contribution is 0.663. The van der Waals surface area contributed by atoms with E-state index in [0.29, 0.717) is 16.7 Å². The van der Waals surface area contributed by atoms with Crippen molar-refractivity contribution in [3.05, 3.63) is 157 Å². The Morgan fingerprint density at radius 2 is 0.848 bits per heavy atom. The molecule has 0 bridgehead atoms. The Bertz CT molecular complexity index is 3420. The molecule has 0 amide bonds. The quantitative estimate of drug-likeness (QED) is 0.189. The van der Waals surface area contributed by atoms with Gasteiger partial charge in [0.05, 0.1) is 17.8 Å². The largest absolute Gasteiger partial charge is 0.456 e. The van der Waals surface area contributed by atoms with Crippen LogP contribution in [0.15, 0.2) is 166 Å². The molecule has 0 N–H and O–H groups in total. The van der Waals surface area contributed by atoms with E-state index in [-0.39, 0.29) is 32.7 Å². The van der Waals surface area contributed by atoms with Crippen molar-refractivity contribution >= 4 is 65.4 Å². The summed E-state index contributed by atoms with van der Waals surface area (Å²) in [6.07, 6.45) is 0. The molecule has 2 heterocycles. The molecule has 0 aliphatic carbocycles. The Balaban J connectivity index is 1.25. The molecule has 214 valence electrons. The lowest BCUT2D eigenvalue weighted by Gasteiger charge is -2.18. The molecule has 8 aromatic carbocycles. The van der Waals surface area contributed by atoms with Gasteiger partial charge in [-0.3, -0.25) is 0 Å². The fraction of sp³-hybridized carbons (Fsp3) is 0. The molecule has 0 atom stereocenters. The summed E-state index contributed by atoms with van der Waals surface area (Å²) in [7, 11) is 0. The van der Waals surface area contributed by atoms with E-state index in [9.17, 15) is 2.74 Å². The summed E-state index contributed by atoms with van der Waals surface area (Å²) in [6, 6.07) is 16.1. The maximum atomic E-state index is 9.18. The summed E-state index contributed by atoms with van der Waals surface area (Å²) in [5.41, 5.74) is 4.07. The van der Waals surface area contributed by atoms with Gasteiger partial charge in [0.2, 0.25) is 0 Å². The Labute approximate surface area is 283 Å². The molecule has 10 aromatic rings. The van der Waals surface area contributed by atoms with Crippen LogP contribution < -0.4 is 0 Å². The van der Waals surface area contributed by atoms with Gasteiger partial charge in [-0.15, -0.1) is 0 Å². The zero-order valence-corrected chi connectivity index (χ0v) is 23.8. The minimum Gasteiger partial charge on any atom is -0.456 e. The van der Waals surface area contributed by atoms with Gasteiger partial charge in [0.15, 0.2) is 0 Å². The highest BCUT2D eigenvalue weighted by atomic mass is 16.3. The van der Waals surface area contributed by atoms with Crippen molar-refractivity contribution in [2.75, 3.05) is 0 Å². The standard InChI is InChI=1S/C44H26O2/c1-2-10-28(11-3-1)41-31-12-4-6-14-33(31)42(34-15-7-5-13-32(34)41)29-20-18-27(19-21-29)30-22-23-36-40(26-30)46-39-25-24-38-43(44(36)39)35-16-8-9-17-37(35)45-38/h1-26H/i1D,2D,3D,4D,5D,6D,7D,10D,11D,12D,13D,14D,15D. The van der Waals surface area contributed by atoms with E-state index in [4.69, 9.17) is 23.9 Å². The second-order valence-corrected chi connectivity index (χ2v) is 11.1. The van der Waals surface area contributed by atoms with Crippen molar-refractivity contribution < 1.29 is 26.7 Å². The van der Waals surface area contributed by atoms with E-state index in [2.05, 4.69) is 0 Å². The van der Waals surface area contributed by atoms with E-state index >= 15 is 0 Å². The summed E-state index contributed by atoms with van der Waals surface area (Å²) in [5, 5.41) is 3.01. The molecule has 46 heavy (non-hydrogen) atoms. The summed E-state index contributed by atoms with van der Waals surface area (Å²) in [6.45, 7) is 0. The van der Waals surface area contributed by atoms with Crippen molar-refractivity contribution in [3.63, 3.8) is 0 Å². The van der Waals surface area contributed by atoms with Crippen LogP contribution in [0.5, 0.6) is 0 Å². The van der Waals surface area contributed by atoms with Gasteiger partial charge in [0.1, 0.15) is 22.3 Å². The van der Waals surface area contributed by atoms with Crippen LogP contribution in [-0.2, 0) is 0 Å². The first-order valence-electron chi connectivity index (χ1n) is 21.1. The first-order chi connectivity index (χ1) is 28.2. The third kappa shape index (κ3) is 3.65. The predicted octanol–water partition coefficient (Wildman–Crippen LogP) is 12.8. The molecule has 0 spiro atoms. The van der Waals surface area contributed by atoms with Crippen LogP contribution in [0.25, 0.3) is 98.8 Å². The van der Waals surface area contributed by atoms with Gasteiger partial charge in [0.25, 0.3) is 0 Å². The van der Waals surface area contributed by atoms with Gasteiger partial charge < -0.3 is 8.83 Å². The van der Waals surface area contributed by atoms with Crippen molar-refractivity contribution in [2.24, 2.45) is 0 Å². The van der Waals surface area contributed by atoms with Crippen LogP contribution in [-0.4, -0.2) is 0 Å². The molecular weight excluding hydrogens is 560 g/mol. The van der Waals surface area contributed by atoms with Crippen molar-refractivity contribution in [1.29, 1.82) is 0 Å². The molecule has 0 fully saturated rings. The molecular formula is C44H26O2. The number of hydrogen-bond acceptors (Lipinski definition) is 2. The number of para-hydroxylation sites is 1. The van der Waals surface area contributed by atoms with E-state index < -0.39 is 84.1 Å². The van der Waals surface area contributed by atoms with E-state index in [1.54, 1.807) is 24.3 Å². The predicted molar refractivity (Wildman–Crippen MR) is 192 cm³/mol. The van der Waals surface area contributed by atoms with Gasteiger partial charge in [0, 0.05) is 21.5 Å². The van der Waals surface area contributed by atoms with Gasteiger partial charge in [-0.25, -0.2) is 0 Å². The average molecular weight is 600 g/mol. The number of furan rings is 2. The molecule has 0 aliphatic rings. The lowest BCUT2D eigenvalue weighted by atomic mass is 9.86. The lowest BCUT2D eigenvalue weighted by Crippen LogP contribution is -1.90. The molecule has 10 rings (SSSR count). The van der Waals surface area contributed by atoms with Crippen LogP contribution in [0.1, 0.15) is 17.8 Å². The second kappa shape index (κ2) is 9.69. The third-order valence-electron chi connectivity index (χ3n) is 8.61. The highest BCUT2D eigenvalue weighted by Crippen LogP contribution is 2.44. The molecule has 2 aromatic heterocycles. The number of fused-ring (bicyclic) bond motifs is 9. The maximum Gasteiger partial charge on any atom is 0.136 e. The summed E-state index contributed by atoms with van der Waals surface area (Å²) in [5.74, 6) is 0. The van der Waals surface area contributed by atoms with E-state index in [1.807, 2.05) is 54.6 Å². The van der Waals surface area contributed by atoms with E-state index in [0.717, 1.165) is 43.8 Å². The number of benzene rings is 8. The van der Waals surface area contributed by atoms with Crippen LogP contribution in [0.4, 0.5) is 0 Å². The zero-order valence-electron chi connectivity index (χ0n) is 36.8. The molecule has 0 unspecified atom stereocenters. The minimum atomic E-state index is -0.715. The first-order valence-corrected chi connectivity index (χ1v) is 14.6. The molecule has 2 heteroatoms. The third-order valence-corrected chi connectivity index (χ3v) is 8.61. The van der Waals surface area contributed by atoms with E-state index in [1.165, 1.54) is 0 Å². The number of hydrogen-bond donors (Lipinski definition) is 0. The summed E-state index contributed by atoms with van der Waals surface area (Å²) < 4.78 is 126. The Morgan fingerprint density at radius 3 is 1.50 bits per heavy atom. The highest BCUT2D eigenvalue weighted by Gasteiger charge is 2.18. The van der Waals surface area contributed by atoms with Gasteiger partial charge in [-0.2, -0.15) is 0 Å². The first kappa shape index (κ1) is 15.7. The smallest absolute Gasteiger partial charge is 0.136 e. The topological polar surface area (TPSA) is 26.3 Å². The molecule has 0 radical (unpaired) electrons. The Morgan fingerprint density at radius 1 is 0.348 bits per heavy atom.